The van der Waals surface area contributed by atoms with Gasteiger partial charge >= 0.3 is 0 Å². The number of fused-ring (bicyclic) bond motifs is 1. The summed E-state index contributed by atoms with van der Waals surface area (Å²) in [7, 11) is 0. The van der Waals surface area contributed by atoms with Crippen molar-refractivity contribution in [1.29, 1.82) is 0 Å². The molecule has 2 aromatic rings. The number of aryl methyl sites for hydroxylation is 2. The molecule has 0 atom stereocenters. The molecule has 0 saturated carbocycles. The molecule has 0 amide bonds. The second kappa shape index (κ2) is 4.92. The number of nitrogens with zero attached hydrogens (tertiary/aromatic N) is 1. The van der Waals surface area contributed by atoms with Gasteiger partial charge in [-0.05, 0) is 43.0 Å². The second-order valence-corrected chi connectivity index (χ2v) is 5.10. The summed E-state index contributed by atoms with van der Waals surface area (Å²) in [5.74, 6) is 0.569. The fraction of sp³-hybridized carbons (Fsp3) is 0.467. The van der Waals surface area contributed by atoms with Crippen LogP contribution in [0.25, 0.3) is 10.9 Å². The monoisotopic (exact) mass is 230 g/mol. The van der Waals surface area contributed by atoms with Gasteiger partial charge in [0.05, 0.1) is 0 Å². The Kier molecular flexibility index (Phi) is 3.53. The highest BCUT2D eigenvalue weighted by molar-refractivity contribution is 5.85. The van der Waals surface area contributed by atoms with Crippen LogP contribution in [-0.2, 0) is 6.54 Å². The molecule has 0 fully saturated rings. The molecule has 0 saturated heterocycles. The minimum absolute atomic E-state index is 0.569. The van der Waals surface area contributed by atoms with Gasteiger partial charge in [-0.15, -0.1) is 0 Å². The first kappa shape index (κ1) is 12.2. The van der Waals surface area contributed by atoms with E-state index in [9.17, 15) is 0 Å². The molecule has 2 rings (SSSR count). The van der Waals surface area contributed by atoms with E-state index in [1.54, 1.807) is 0 Å². The summed E-state index contributed by atoms with van der Waals surface area (Å²) >= 11 is 0. The van der Waals surface area contributed by atoms with E-state index in [0.717, 1.165) is 19.5 Å². The van der Waals surface area contributed by atoms with Crippen LogP contribution in [0.1, 0.15) is 37.3 Å². The molecule has 1 aromatic carbocycles. The molecule has 0 unspecified atom stereocenters. The van der Waals surface area contributed by atoms with Gasteiger partial charge < -0.3 is 10.3 Å². The summed E-state index contributed by atoms with van der Waals surface area (Å²) in [4.78, 5) is 0. The summed E-state index contributed by atoms with van der Waals surface area (Å²) in [6.07, 6.45) is 3.33. The van der Waals surface area contributed by atoms with Gasteiger partial charge in [0.2, 0.25) is 0 Å². The Morgan fingerprint density at radius 3 is 2.71 bits per heavy atom. The van der Waals surface area contributed by atoms with Gasteiger partial charge in [-0.2, -0.15) is 0 Å². The normalized spacial score (nSPS) is 11.6. The Morgan fingerprint density at radius 2 is 2.06 bits per heavy atom. The van der Waals surface area contributed by atoms with Crippen LogP contribution in [0.3, 0.4) is 0 Å². The van der Waals surface area contributed by atoms with Crippen LogP contribution in [0, 0.1) is 6.92 Å². The number of nitrogens with two attached hydrogens (primary N) is 1. The minimum atomic E-state index is 0.569. The molecule has 17 heavy (non-hydrogen) atoms. The maximum atomic E-state index is 5.60. The lowest BCUT2D eigenvalue weighted by molar-refractivity contribution is 0.666. The van der Waals surface area contributed by atoms with Crippen LogP contribution in [0.2, 0.25) is 0 Å². The Hall–Kier alpha value is -1.28. The quantitative estimate of drug-likeness (QED) is 0.857. The predicted molar refractivity (Wildman–Crippen MR) is 74.4 cm³/mol. The molecule has 1 aromatic heterocycles. The molecule has 0 bridgehead atoms. The van der Waals surface area contributed by atoms with E-state index < -0.39 is 0 Å². The molecule has 0 radical (unpaired) electrons. The third-order valence-electron chi connectivity index (χ3n) is 3.29. The maximum Gasteiger partial charge on any atom is 0.0485 e. The Labute approximate surface area is 103 Å². The first-order valence-electron chi connectivity index (χ1n) is 6.43. The van der Waals surface area contributed by atoms with Crippen molar-refractivity contribution < 1.29 is 0 Å². The first-order valence-corrected chi connectivity index (χ1v) is 6.43. The van der Waals surface area contributed by atoms with E-state index in [2.05, 4.69) is 49.7 Å². The minimum Gasteiger partial charge on any atom is -0.347 e. The van der Waals surface area contributed by atoms with Crippen LogP contribution >= 0.6 is 0 Å². The molecule has 2 heteroatoms. The molecule has 0 spiro atoms. The average molecular weight is 230 g/mol. The van der Waals surface area contributed by atoms with Crippen molar-refractivity contribution in [3.05, 3.63) is 35.5 Å². The van der Waals surface area contributed by atoms with Crippen molar-refractivity contribution in [3.8, 4) is 0 Å². The lowest BCUT2D eigenvalue weighted by Crippen LogP contribution is -2.04. The molecule has 1 heterocycles. The standard InChI is InChI=1S/C15H22N2/c1-11(2)14-10-17(8-4-7-16)15-9-12(3)5-6-13(14)15/h5-6,9-11H,4,7-8,16H2,1-3H3. The number of hydrogen-bond acceptors (Lipinski definition) is 1. The van der Waals surface area contributed by atoms with Crippen molar-refractivity contribution in [1.82, 2.24) is 4.57 Å². The highest BCUT2D eigenvalue weighted by Crippen LogP contribution is 2.28. The maximum absolute atomic E-state index is 5.60. The zero-order chi connectivity index (χ0) is 12.4. The van der Waals surface area contributed by atoms with Crippen LogP contribution in [0.5, 0.6) is 0 Å². The summed E-state index contributed by atoms with van der Waals surface area (Å²) < 4.78 is 2.35. The molecular weight excluding hydrogens is 208 g/mol. The fourth-order valence-electron chi connectivity index (χ4n) is 2.34. The van der Waals surface area contributed by atoms with Gasteiger partial charge in [0.15, 0.2) is 0 Å². The molecule has 0 aliphatic heterocycles. The SMILES string of the molecule is Cc1ccc2c(C(C)C)cn(CCCN)c2c1. The van der Waals surface area contributed by atoms with Crippen molar-refractivity contribution in [2.75, 3.05) is 6.54 Å². The topological polar surface area (TPSA) is 30.9 Å². The van der Waals surface area contributed by atoms with Gasteiger partial charge in [0, 0.05) is 23.6 Å². The van der Waals surface area contributed by atoms with Gasteiger partial charge in [-0.3, -0.25) is 0 Å². The van der Waals surface area contributed by atoms with Crippen molar-refractivity contribution in [3.63, 3.8) is 0 Å². The lowest BCUT2D eigenvalue weighted by Gasteiger charge is -2.04. The van der Waals surface area contributed by atoms with E-state index in [1.807, 2.05) is 0 Å². The average Bonchev–Trinajstić information content (AvgIpc) is 2.64. The zero-order valence-electron chi connectivity index (χ0n) is 11.0. The molecule has 2 N–H and O–H groups in total. The smallest absolute Gasteiger partial charge is 0.0485 e. The largest absolute Gasteiger partial charge is 0.347 e. The van der Waals surface area contributed by atoms with E-state index in [-0.39, 0.29) is 0 Å². The van der Waals surface area contributed by atoms with Crippen molar-refractivity contribution >= 4 is 10.9 Å². The van der Waals surface area contributed by atoms with Crippen LogP contribution in [0.4, 0.5) is 0 Å². The second-order valence-electron chi connectivity index (χ2n) is 5.10. The number of hydrogen-bond donors (Lipinski definition) is 1. The van der Waals surface area contributed by atoms with Crippen LogP contribution < -0.4 is 5.73 Å². The molecular formula is C15H22N2. The van der Waals surface area contributed by atoms with E-state index in [1.165, 1.54) is 22.0 Å². The van der Waals surface area contributed by atoms with Crippen molar-refractivity contribution in [2.45, 2.75) is 39.7 Å². The summed E-state index contributed by atoms with van der Waals surface area (Å²) in [5, 5.41) is 1.39. The number of aromatic nitrogens is 1. The highest BCUT2D eigenvalue weighted by atomic mass is 15.0. The Balaban J connectivity index is 2.54. The van der Waals surface area contributed by atoms with Gasteiger partial charge in [0.25, 0.3) is 0 Å². The van der Waals surface area contributed by atoms with Gasteiger partial charge in [-0.1, -0.05) is 26.0 Å². The predicted octanol–water partition coefficient (Wildman–Crippen LogP) is 3.42. The van der Waals surface area contributed by atoms with Crippen molar-refractivity contribution in [2.24, 2.45) is 5.73 Å². The lowest BCUT2D eigenvalue weighted by atomic mass is 10.0. The third kappa shape index (κ3) is 2.37. The summed E-state index contributed by atoms with van der Waals surface area (Å²) in [6.45, 7) is 8.42. The highest BCUT2D eigenvalue weighted by Gasteiger charge is 2.10. The first-order chi connectivity index (χ1) is 8.13. The number of rotatable bonds is 4. The number of benzene rings is 1. The fourth-order valence-corrected chi connectivity index (χ4v) is 2.34. The van der Waals surface area contributed by atoms with E-state index in [0.29, 0.717) is 5.92 Å². The Bertz CT molecular complexity index is 509. The molecule has 0 aliphatic carbocycles. The summed E-state index contributed by atoms with van der Waals surface area (Å²) in [6, 6.07) is 6.72. The van der Waals surface area contributed by atoms with Gasteiger partial charge in [0.1, 0.15) is 0 Å². The third-order valence-corrected chi connectivity index (χ3v) is 3.29. The molecule has 2 nitrogen and oxygen atoms in total. The van der Waals surface area contributed by atoms with Crippen LogP contribution in [0.15, 0.2) is 24.4 Å². The molecule has 92 valence electrons. The van der Waals surface area contributed by atoms with Gasteiger partial charge in [-0.25, -0.2) is 0 Å². The van der Waals surface area contributed by atoms with Crippen LogP contribution in [-0.4, -0.2) is 11.1 Å². The zero-order valence-corrected chi connectivity index (χ0v) is 11.0. The van der Waals surface area contributed by atoms with E-state index >= 15 is 0 Å². The Morgan fingerprint density at radius 1 is 1.29 bits per heavy atom. The molecule has 0 aliphatic rings. The van der Waals surface area contributed by atoms with E-state index in [4.69, 9.17) is 5.73 Å². The summed E-state index contributed by atoms with van der Waals surface area (Å²) in [5.41, 5.74) is 9.71.